The number of pyridine rings is 1. The first-order chi connectivity index (χ1) is 8.20. The molecular weight excluding hydrogens is 214 g/mol. The first-order valence-corrected chi connectivity index (χ1v) is 5.94. The Balaban J connectivity index is 2.17. The second kappa shape index (κ2) is 5.04. The van der Waals surface area contributed by atoms with Crippen LogP contribution in [0.25, 0.3) is 0 Å². The topological polar surface area (TPSA) is 35.1 Å². The highest BCUT2D eigenvalue weighted by molar-refractivity contribution is 5.11. The number of hydrogen-bond donors (Lipinski definition) is 0. The second-order valence-corrected chi connectivity index (χ2v) is 4.28. The molecule has 90 valence electrons. The summed E-state index contributed by atoms with van der Waals surface area (Å²) in [5.41, 5.74) is -0.00556. The molecular formula is C14H17NO2. The van der Waals surface area contributed by atoms with Gasteiger partial charge in [0.25, 0.3) is 5.56 Å². The largest absolute Gasteiger partial charge is 0.464 e. The van der Waals surface area contributed by atoms with Crippen molar-refractivity contribution in [2.75, 3.05) is 0 Å². The summed E-state index contributed by atoms with van der Waals surface area (Å²) in [4.78, 5) is 11.5. The minimum absolute atomic E-state index is 0.00556. The highest BCUT2D eigenvalue weighted by Gasteiger charge is 2.08. The Morgan fingerprint density at radius 1 is 1.29 bits per heavy atom. The average molecular weight is 231 g/mol. The molecule has 3 heteroatoms. The van der Waals surface area contributed by atoms with Crippen LogP contribution in [0, 0.1) is 0 Å². The van der Waals surface area contributed by atoms with Crippen LogP contribution in [0.2, 0.25) is 0 Å². The van der Waals surface area contributed by atoms with Crippen LogP contribution in [0.4, 0.5) is 0 Å². The zero-order chi connectivity index (χ0) is 12.3. The number of nitrogens with zero attached hydrogens (tertiary/aromatic N) is 1. The summed E-state index contributed by atoms with van der Waals surface area (Å²) in [6.45, 7) is 4.77. The lowest BCUT2D eigenvalue weighted by atomic mass is 10.1. The van der Waals surface area contributed by atoms with Gasteiger partial charge in [-0.05, 0) is 24.6 Å². The lowest BCUT2D eigenvalue weighted by molar-refractivity contribution is 0.424. The maximum absolute atomic E-state index is 11.5. The minimum atomic E-state index is -0.00556. The van der Waals surface area contributed by atoms with Crippen molar-refractivity contribution in [1.82, 2.24) is 4.57 Å². The standard InChI is InChI=1S/C14H17NO2/c1-3-11(2)13-8-7-12(17-13)10-15-9-5-4-6-14(15)16/h4-9,11H,3,10H2,1-2H3. The second-order valence-electron chi connectivity index (χ2n) is 4.28. The summed E-state index contributed by atoms with van der Waals surface area (Å²) in [6.07, 6.45) is 2.83. The summed E-state index contributed by atoms with van der Waals surface area (Å²) < 4.78 is 7.37. The molecule has 0 aliphatic rings. The van der Waals surface area contributed by atoms with E-state index in [1.807, 2.05) is 18.2 Å². The Labute approximate surface area is 101 Å². The molecule has 0 spiro atoms. The number of furan rings is 1. The Hall–Kier alpha value is -1.77. The zero-order valence-electron chi connectivity index (χ0n) is 10.2. The summed E-state index contributed by atoms with van der Waals surface area (Å²) in [7, 11) is 0. The molecule has 0 fully saturated rings. The van der Waals surface area contributed by atoms with E-state index >= 15 is 0 Å². The van der Waals surface area contributed by atoms with E-state index in [1.165, 1.54) is 0 Å². The highest BCUT2D eigenvalue weighted by Crippen LogP contribution is 2.21. The minimum Gasteiger partial charge on any atom is -0.464 e. The van der Waals surface area contributed by atoms with Crippen LogP contribution >= 0.6 is 0 Å². The van der Waals surface area contributed by atoms with Gasteiger partial charge in [-0.15, -0.1) is 0 Å². The fourth-order valence-electron chi connectivity index (χ4n) is 1.70. The first kappa shape index (κ1) is 11.7. The van der Waals surface area contributed by atoms with Gasteiger partial charge < -0.3 is 8.98 Å². The fraction of sp³-hybridized carbons (Fsp3) is 0.357. The molecule has 0 aromatic carbocycles. The maximum atomic E-state index is 11.5. The lowest BCUT2D eigenvalue weighted by Crippen LogP contribution is -2.17. The molecule has 2 heterocycles. The Kier molecular flexibility index (Phi) is 3.47. The molecule has 1 unspecified atom stereocenters. The summed E-state index contributed by atoms with van der Waals surface area (Å²) in [6, 6.07) is 9.09. The first-order valence-electron chi connectivity index (χ1n) is 5.94. The van der Waals surface area contributed by atoms with E-state index < -0.39 is 0 Å². The van der Waals surface area contributed by atoms with Gasteiger partial charge in [0.05, 0.1) is 6.54 Å². The van der Waals surface area contributed by atoms with E-state index in [0.29, 0.717) is 12.5 Å². The van der Waals surface area contributed by atoms with E-state index in [0.717, 1.165) is 17.9 Å². The van der Waals surface area contributed by atoms with Crippen molar-refractivity contribution < 1.29 is 4.42 Å². The molecule has 0 bridgehead atoms. The van der Waals surface area contributed by atoms with Crippen molar-refractivity contribution >= 4 is 0 Å². The molecule has 1 atom stereocenters. The predicted octanol–water partition coefficient (Wildman–Crippen LogP) is 3.00. The molecule has 3 nitrogen and oxygen atoms in total. The predicted molar refractivity (Wildman–Crippen MR) is 67.2 cm³/mol. The van der Waals surface area contributed by atoms with Crippen molar-refractivity contribution in [3.05, 3.63) is 58.4 Å². The van der Waals surface area contributed by atoms with Crippen LogP contribution in [-0.2, 0) is 6.54 Å². The monoisotopic (exact) mass is 231 g/mol. The Bertz CT molecular complexity index is 539. The van der Waals surface area contributed by atoms with Crippen LogP contribution < -0.4 is 5.56 Å². The van der Waals surface area contributed by atoms with E-state index in [4.69, 9.17) is 4.42 Å². The lowest BCUT2D eigenvalue weighted by Gasteiger charge is -2.04. The molecule has 0 N–H and O–H groups in total. The smallest absolute Gasteiger partial charge is 0.250 e. The van der Waals surface area contributed by atoms with Gasteiger partial charge in [-0.1, -0.05) is 19.9 Å². The summed E-state index contributed by atoms with van der Waals surface area (Å²) in [5.74, 6) is 2.25. The van der Waals surface area contributed by atoms with Crippen molar-refractivity contribution in [3.63, 3.8) is 0 Å². The normalized spacial score (nSPS) is 12.6. The van der Waals surface area contributed by atoms with Crippen LogP contribution in [0.15, 0.2) is 45.7 Å². The maximum Gasteiger partial charge on any atom is 0.250 e. The quantitative estimate of drug-likeness (QED) is 0.810. The van der Waals surface area contributed by atoms with Crippen molar-refractivity contribution in [2.24, 2.45) is 0 Å². The summed E-state index contributed by atoms with van der Waals surface area (Å²) in [5, 5.41) is 0. The molecule has 0 amide bonds. The Morgan fingerprint density at radius 2 is 2.12 bits per heavy atom. The van der Waals surface area contributed by atoms with Gasteiger partial charge in [0.2, 0.25) is 0 Å². The molecule has 17 heavy (non-hydrogen) atoms. The SMILES string of the molecule is CCC(C)c1ccc(Cn2ccccc2=O)o1. The van der Waals surface area contributed by atoms with Crippen molar-refractivity contribution in [1.29, 1.82) is 0 Å². The van der Waals surface area contributed by atoms with Gasteiger partial charge in [0, 0.05) is 18.2 Å². The number of hydrogen-bond acceptors (Lipinski definition) is 2. The number of aromatic nitrogens is 1. The van der Waals surface area contributed by atoms with Gasteiger partial charge in [-0.3, -0.25) is 4.79 Å². The molecule has 0 aliphatic carbocycles. The zero-order valence-corrected chi connectivity index (χ0v) is 10.2. The van der Waals surface area contributed by atoms with Crippen molar-refractivity contribution in [2.45, 2.75) is 32.7 Å². The van der Waals surface area contributed by atoms with Crippen LogP contribution in [-0.4, -0.2) is 4.57 Å². The van der Waals surface area contributed by atoms with Crippen molar-refractivity contribution in [3.8, 4) is 0 Å². The van der Waals surface area contributed by atoms with Gasteiger partial charge in [-0.2, -0.15) is 0 Å². The highest BCUT2D eigenvalue weighted by atomic mass is 16.3. The fourth-order valence-corrected chi connectivity index (χ4v) is 1.70. The van der Waals surface area contributed by atoms with E-state index in [1.54, 1.807) is 22.9 Å². The molecule has 0 radical (unpaired) electrons. The van der Waals surface area contributed by atoms with Gasteiger partial charge in [0.1, 0.15) is 11.5 Å². The van der Waals surface area contributed by atoms with Crippen LogP contribution in [0.1, 0.15) is 37.7 Å². The molecule has 2 aromatic rings. The van der Waals surface area contributed by atoms with Crippen LogP contribution in [0.3, 0.4) is 0 Å². The third-order valence-electron chi connectivity index (χ3n) is 3.01. The average Bonchev–Trinajstić information content (AvgIpc) is 2.80. The third-order valence-corrected chi connectivity index (χ3v) is 3.01. The van der Waals surface area contributed by atoms with E-state index in [2.05, 4.69) is 13.8 Å². The van der Waals surface area contributed by atoms with Gasteiger partial charge in [-0.25, -0.2) is 0 Å². The van der Waals surface area contributed by atoms with Gasteiger partial charge in [0.15, 0.2) is 0 Å². The summed E-state index contributed by atoms with van der Waals surface area (Å²) >= 11 is 0. The molecule has 0 aliphatic heterocycles. The number of rotatable bonds is 4. The van der Waals surface area contributed by atoms with Crippen LogP contribution in [0.5, 0.6) is 0 Å². The third kappa shape index (κ3) is 2.67. The van der Waals surface area contributed by atoms with E-state index in [9.17, 15) is 4.79 Å². The van der Waals surface area contributed by atoms with E-state index in [-0.39, 0.29) is 5.56 Å². The molecule has 0 saturated heterocycles. The molecule has 2 rings (SSSR count). The molecule has 0 saturated carbocycles. The Morgan fingerprint density at radius 3 is 2.82 bits per heavy atom. The van der Waals surface area contributed by atoms with Gasteiger partial charge >= 0.3 is 0 Å². The molecule has 2 aromatic heterocycles.